The Labute approximate surface area is 389 Å². The van der Waals surface area contributed by atoms with Crippen molar-refractivity contribution in [1.29, 1.82) is 0 Å². The smallest absolute Gasteiger partial charge is 0.230 e. The Morgan fingerprint density at radius 3 is 1.45 bits per heavy atom. The Kier molecular flexibility index (Phi) is 9.13. The quantitative estimate of drug-likeness (QED) is 0.0705. The lowest BCUT2D eigenvalue weighted by molar-refractivity contribution is 0.669. The van der Waals surface area contributed by atoms with E-state index in [-0.39, 0.29) is 0 Å². The van der Waals surface area contributed by atoms with E-state index >= 15 is 0 Å². The molecule has 0 spiro atoms. The van der Waals surface area contributed by atoms with Gasteiger partial charge in [-0.2, -0.15) is 0 Å². The zero-order chi connectivity index (χ0) is 44.3. The van der Waals surface area contributed by atoms with Gasteiger partial charge in [-0.15, -0.1) is 5.54 Å². The summed E-state index contributed by atoms with van der Waals surface area (Å²) in [5, 5.41) is 13.0. The van der Waals surface area contributed by atoms with Gasteiger partial charge in [-0.3, -0.25) is 0 Å². The lowest BCUT2D eigenvalue weighted by atomic mass is 9.88. The normalized spacial score (nSPS) is 11.8. The van der Waals surface area contributed by atoms with Crippen molar-refractivity contribution in [2.45, 2.75) is 0 Å². The third-order valence-corrected chi connectivity index (χ3v) is 17.8. The van der Waals surface area contributed by atoms with E-state index in [2.05, 4.69) is 259 Å². The number of para-hydroxylation sites is 2. The van der Waals surface area contributed by atoms with Crippen molar-refractivity contribution in [3.8, 4) is 39.4 Å². The minimum absolute atomic E-state index is 0.883. The summed E-state index contributed by atoms with van der Waals surface area (Å²) in [7, 11) is -3.05. The Morgan fingerprint density at radius 1 is 0.328 bits per heavy atom. The fourth-order valence-corrected chi connectivity index (χ4v) is 14.5. The van der Waals surface area contributed by atoms with E-state index < -0.39 is 8.07 Å². The minimum atomic E-state index is -3.05. The van der Waals surface area contributed by atoms with Crippen molar-refractivity contribution >= 4 is 88.9 Å². The molecule has 0 aliphatic rings. The van der Waals surface area contributed by atoms with Crippen LogP contribution in [-0.4, -0.2) is 12.6 Å². The van der Waals surface area contributed by atoms with Gasteiger partial charge in [0.15, 0.2) is 0 Å². The topological polar surface area (TPSA) is 18.1 Å². The third-order valence-electron chi connectivity index (χ3n) is 13.7. The molecule has 312 valence electrons. The summed E-state index contributed by atoms with van der Waals surface area (Å²) < 4.78 is 8.78. The summed E-state index contributed by atoms with van der Waals surface area (Å²) in [6, 6.07) is 90.1. The monoisotopic (exact) mass is 867 g/mol. The van der Waals surface area contributed by atoms with Crippen LogP contribution in [0.15, 0.2) is 253 Å². The lowest BCUT2D eigenvalue weighted by Crippen LogP contribution is -2.66. The van der Waals surface area contributed by atoms with E-state index in [4.69, 9.17) is 4.42 Å². The Bertz CT molecular complexity index is 3990. The van der Waals surface area contributed by atoms with Crippen molar-refractivity contribution < 1.29 is 4.42 Å². The van der Waals surface area contributed by atoms with E-state index in [1.807, 2.05) is 6.07 Å². The van der Waals surface area contributed by atoms with E-state index in [0.29, 0.717) is 0 Å². The molecule has 0 saturated heterocycles. The first-order chi connectivity index (χ1) is 33.2. The van der Waals surface area contributed by atoms with Gasteiger partial charge in [0, 0.05) is 32.8 Å². The van der Waals surface area contributed by atoms with Gasteiger partial charge in [0.25, 0.3) is 0 Å². The molecule has 2 nitrogen and oxygen atoms in total. The molecule has 0 bridgehead atoms. The number of aromatic nitrogens is 1. The average Bonchev–Trinajstić information content (AvgIpc) is 3.94. The summed E-state index contributed by atoms with van der Waals surface area (Å²) in [6.07, 6.45) is 0. The molecule has 0 radical (unpaired) electrons. The summed E-state index contributed by atoms with van der Waals surface area (Å²) in [5.74, 6) is 4.01. The second kappa shape index (κ2) is 15.8. The molecule has 0 unspecified atom stereocenters. The molecule has 2 heterocycles. The van der Waals surface area contributed by atoms with E-state index in [1.165, 1.54) is 70.4 Å². The predicted octanol–water partition coefficient (Wildman–Crippen LogP) is 14.4. The van der Waals surface area contributed by atoms with Crippen LogP contribution in [0.25, 0.3) is 93.2 Å². The number of benzene rings is 11. The first-order valence-corrected chi connectivity index (χ1v) is 24.9. The maximum Gasteiger partial charge on any atom is 0.230 e. The van der Waals surface area contributed by atoms with Gasteiger partial charge in [0.2, 0.25) is 8.07 Å². The molecule has 67 heavy (non-hydrogen) atoms. The highest BCUT2D eigenvalue weighted by Gasteiger charge is 2.39. The molecular formula is C64H41NOSi. The molecule has 0 atom stereocenters. The number of hydrogen-bond donors (Lipinski definition) is 0. The van der Waals surface area contributed by atoms with Crippen LogP contribution >= 0.6 is 0 Å². The molecular weight excluding hydrogens is 827 g/mol. The van der Waals surface area contributed by atoms with Crippen LogP contribution in [0.1, 0.15) is 5.56 Å². The molecule has 0 aliphatic heterocycles. The fourth-order valence-electron chi connectivity index (χ4n) is 10.6. The number of nitrogens with zero attached hydrogens (tertiary/aromatic N) is 1. The van der Waals surface area contributed by atoms with Crippen molar-refractivity contribution in [1.82, 2.24) is 4.57 Å². The Balaban J connectivity index is 1.07. The van der Waals surface area contributed by atoms with Crippen molar-refractivity contribution in [2.75, 3.05) is 0 Å². The first kappa shape index (κ1) is 38.7. The molecule has 0 aliphatic carbocycles. The highest BCUT2D eigenvalue weighted by atomic mass is 28.3. The SMILES string of the molecule is C(#C[Si](c1ccccc1)(c1ccccc1)c1ccc2oc3ccccc3c2c1)c1c2ccccc2c(-c2ccc3c(c2)c2cc(-c4ccccc4)ccc2n3-c2ccccc2)c2ccccc12. The van der Waals surface area contributed by atoms with Crippen LogP contribution in [0.4, 0.5) is 0 Å². The molecule has 3 heteroatoms. The van der Waals surface area contributed by atoms with Gasteiger partial charge in [-0.05, 0) is 114 Å². The second-order valence-electron chi connectivity index (χ2n) is 17.4. The van der Waals surface area contributed by atoms with Crippen molar-refractivity contribution in [3.05, 3.63) is 254 Å². The van der Waals surface area contributed by atoms with Crippen LogP contribution < -0.4 is 15.6 Å². The maximum atomic E-state index is 6.37. The molecule has 0 amide bonds. The van der Waals surface area contributed by atoms with Gasteiger partial charge in [0.05, 0.1) is 11.0 Å². The van der Waals surface area contributed by atoms with Gasteiger partial charge in [0.1, 0.15) is 11.2 Å². The average molecular weight is 868 g/mol. The molecule has 0 fully saturated rings. The second-order valence-corrected chi connectivity index (χ2v) is 20.9. The lowest BCUT2D eigenvalue weighted by Gasteiger charge is -2.28. The largest absolute Gasteiger partial charge is 0.456 e. The summed E-state index contributed by atoms with van der Waals surface area (Å²) in [4.78, 5) is 0. The predicted molar refractivity (Wildman–Crippen MR) is 285 cm³/mol. The molecule has 0 N–H and O–H groups in total. The summed E-state index contributed by atoms with van der Waals surface area (Å²) in [5.41, 5.74) is 15.3. The van der Waals surface area contributed by atoms with E-state index in [1.54, 1.807) is 0 Å². The third kappa shape index (κ3) is 6.26. The van der Waals surface area contributed by atoms with Crippen LogP contribution in [0.5, 0.6) is 0 Å². The van der Waals surface area contributed by atoms with E-state index in [9.17, 15) is 0 Å². The summed E-state index contributed by atoms with van der Waals surface area (Å²) >= 11 is 0. The molecule has 13 rings (SSSR count). The van der Waals surface area contributed by atoms with Crippen LogP contribution in [0.3, 0.4) is 0 Å². The summed E-state index contributed by atoms with van der Waals surface area (Å²) in [6.45, 7) is 0. The highest BCUT2D eigenvalue weighted by molar-refractivity contribution is 7.17. The zero-order valence-corrected chi connectivity index (χ0v) is 37.5. The van der Waals surface area contributed by atoms with Gasteiger partial charge in [-0.25, -0.2) is 0 Å². The molecule has 0 saturated carbocycles. The van der Waals surface area contributed by atoms with Gasteiger partial charge >= 0.3 is 0 Å². The zero-order valence-electron chi connectivity index (χ0n) is 36.5. The van der Waals surface area contributed by atoms with Crippen LogP contribution in [0, 0.1) is 11.5 Å². The van der Waals surface area contributed by atoms with Crippen LogP contribution in [0.2, 0.25) is 0 Å². The minimum Gasteiger partial charge on any atom is -0.456 e. The molecule has 11 aromatic carbocycles. The van der Waals surface area contributed by atoms with Crippen molar-refractivity contribution in [3.63, 3.8) is 0 Å². The van der Waals surface area contributed by atoms with Gasteiger partial charge < -0.3 is 8.98 Å². The first-order valence-electron chi connectivity index (χ1n) is 22.9. The van der Waals surface area contributed by atoms with Gasteiger partial charge in [-0.1, -0.05) is 200 Å². The molecule has 2 aromatic heterocycles. The number of fused-ring (bicyclic) bond motifs is 8. The number of hydrogen-bond acceptors (Lipinski definition) is 1. The maximum absolute atomic E-state index is 6.37. The van der Waals surface area contributed by atoms with Crippen molar-refractivity contribution in [2.24, 2.45) is 0 Å². The highest BCUT2D eigenvalue weighted by Crippen LogP contribution is 2.42. The standard InChI is InChI=1S/C64H41NOSi/c1-5-19-44(20-6-1)45-33-36-60-57(41-45)58-42-46(34-37-61(58)65(60)47-21-7-2-8-22-47)64-55-30-15-13-27-51(55)53(52-28-14-16-31-56(52)64)39-40-67(48-23-9-3-10-24-48,49-25-11-4-12-26-49)50-35-38-63-59(43-50)54-29-17-18-32-62(54)66-63/h1-38,41-43H. The molecule has 13 aromatic rings. The van der Waals surface area contributed by atoms with Crippen LogP contribution in [-0.2, 0) is 0 Å². The fraction of sp³-hybridized carbons (Fsp3) is 0. The number of furan rings is 1. The van der Waals surface area contributed by atoms with E-state index in [0.717, 1.165) is 44.0 Å². The Hall–Kier alpha value is -8.68. The number of rotatable bonds is 6. The Morgan fingerprint density at radius 2 is 0.821 bits per heavy atom.